The van der Waals surface area contributed by atoms with Crippen molar-refractivity contribution >= 4 is 10.0 Å². The molecule has 3 N–H and O–H groups in total. The molecule has 0 fully saturated rings. The Morgan fingerprint density at radius 2 is 1.94 bits per heavy atom. The molecule has 102 valence electrons. The summed E-state index contributed by atoms with van der Waals surface area (Å²) in [6.07, 6.45) is 2.09. The van der Waals surface area contributed by atoms with Crippen molar-refractivity contribution in [2.45, 2.75) is 26.2 Å². The lowest BCUT2D eigenvalue weighted by molar-refractivity contribution is 0.577. The van der Waals surface area contributed by atoms with Crippen LogP contribution in [-0.2, 0) is 16.4 Å². The molecule has 0 saturated carbocycles. The third-order valence-electron chi connectivity index (χ3n) is 2.84. The van der Waals surface area contributed by atoms with Crippen LogP contribution in [0, 0.1) is 6.92 Å². The van der Waals surface area contributed by atoms with E-state index in [9.17, 15) is 8.42 Å². The van der Waals surface area contributed by atoms with Crippen LogP contribution in [0.15, 0.2) is 24.3 Å². The second-order valence-electron chi connectivity index (χ2n) is 4.39. The third-order valence-corrected chi connectivity index (χ3v) is 4.31. The predicted molar refractivity (Wildman–Crippen MR) is 75.0 cm³/mol. The molecule has 0 radical (unpaired) electrons. The summed E-state index contributed by atoms with van der Waals surface area (Å²) in [5, 5.41) is 0. The average molecular weight is 270 g/mol. The van der Waals surface area contributed by atoms with E-state index in [1.807, 2.05) is 31.2 Å². The van der Waals surface area contributed by atoms with E-state index in [2.05, 4.69) is 4.72 Å². The monoisotopic (exact) mass is 270 g/mol. The smallest absolute Gasteiger partial charge is 0.211 e. The van der Waals surface area contributed by atoms with Gasteiger partial charge in [-0.15, -0.1) is 0 Å². The van der Waals surface area contributed by atoms with Crippen LogP contribution in [0.3, 0.4) is 0 Å². The molecular formula is C13H22N2O2S. The van der Waals surface area contributed by atoms with Crippen molar-refractivity contribution in [2.24, 2.45) is 5.73 Å². The molecule has 0 atom stereocenters. The van der Waals surface area contributed by atoms with Crippen LogP contribution in [0.25, 0.3) is 0 Å². The summed E-state index contributed by atoms with van der Waals surface area (Å²) in [7, 11) is -3.14. The normalized spacial score (nSPS) is 11.7. The van der Waals surface area contributed by atoms with Gasteiger partial charge in [0, 0.05) is 6.54 Å². The van der Waals surface area contributed by atoms with E-state index in [-0.39, 0.29) is 5.75 Å². The molecule has 18 heavy (non-hydrogen) atoms. The lowest BCUT2D eigenvalue weighted by Crippen LogP contribution is -2.28. The zero-order chi connectivity index (χ0) is 13.4. The first-order chi connectivity index (χ1) is 8.55. The highest BCUT2D eigenvalue weighted by Crippen LogP contribution is 2.07. The van der Waals surface area contributed by atoms with E-state index in [0.29, 0.717) is 19.5 Å². The van der Waals surface area contributed by atoms with Crippen LogP contribution >= 0.6 is 0 Å². The third kappa shape index (κ3) is 5.62. The second-order valence-corrected chi connectivity index (χ2v) is 6.31. The van der Waals surface area contributed by atoms with E-state index in [1.54, 1.807) is 0 Å². The maximum absolute atomic E-state index is 11.6. The maximum Gasteiger partial charge on any atom is 0.211 e. The van der Waals surface area contributed by atoms with Crippen LogP contribution in [0.1, 0.15) is 24.0 Å². The summed E-state index contributed by atoms with van der Waals surface area (Å²) < 4.78 is 25.9. The van der Waals surface area contributed by atoms with E-state index in [0.717, 1.165) is 12.8 Å². The summed E-state index contributed by atoms with van der Waals surface area (Å²) in [6.45, 7) is 3.03. The fraction of sp³-hybridized carbons (Fsp3) is 0.538. The molecule has 0 aliphatic rings. The summed E-state index contributed by atoms with van der Waals surface area (Å²) in [5.74, 6) is 0.165. The minimum Gasteiger partial charge on any atom is -0.330 e. The molecule has 0 unspecified atom stereocenters. The number of nitrogens with two attached hydrogens (primary N) is 1. The van der Waals surface area contributed by atoms with Gasteiger partial charge >= 0.3 is 0 Å². The molecule has 5 heteroatoms. The average Bonchev–Trinajstić information content (AvgIpc) is 2.32. The number of rotatable bonds is 8. The molecule has 1 aromatic rings. The van der Waals surface area contributed by atoms with Gasteiger partial charge in [-0.3, -0.25) is 0 Å². The molecule has 0 heterocycles. The first-order valence-electron chi connectivity index (χ1n) is 6.27. The van der Waals surface area contributed by atoms with Gasteiger partial charge in [-0.05, 0) is 43.9 Å². The van der Waals surface area contributed by atoms with Gasteiger partial charge in [-0.25, -0.2) is 13.1 Å². The number of unbranched alkanes of at least 4 members (excludes halogenated alkanes) is 1. The topological polar surface area (TPSA) is 72.2 Å². The molecule has 0 saturated heterocycles. The largest absolute Gasteiger partial charge is 0.330 e. The van der Waals surface area contributed by atoms with Crippen molar-refractivity contribution in [3.63, 3.8) is 0 Å². The Hall–Kier alpha value is -0.910. The number of sulfonamides is 1. The zero-order valence-electron chi connectivity index (χ0n) is 10.9. The lowest BCUT2D eigenvalue weighted by atomic mass is 10.1. The van der Waals surface area contributed by atoms with Gasteiger partial charge in [0.25, 0.3) is 0 Å². The summed E-state index contributed by atoms with van der Waals surface area (Å²) >= 11 is 0. The molecule has 0 aromatic heterocycles. The van der Waals surface area contributed by atoms with Gasteiger partial charge in [-0.2, -0.15) is 0 Å². The highest BCUT2D eigenvalue weighted by molar-refractivity contribution is 7.89. The molecule has 0 aliphatic heterocycles. The Bertz CT molecular complexity index is 458. The molecule has 1 aromatic carbocycles. The molecular weight excluding hydrogens is 248 g/mol. The Labute approximate surface area is 110 Å². The predicted octanol–water partition coefficient (Wildman–Crippen LogP) is 1.20. The second kappa shape index (κ2) is 7.51. The van der Waals surface area contributed by atoms with Gasteiger partial charge < -0.3 is 5.73 Å². The molecule has 0 bridgehead atoms. The number of hydrogen-bond acceptors (Lipinski definition) is 3. The summed E-state index contributed by atoms with van der Waals surface area (Å²) in [6, 6.07) is 8.01. The number of benzene rings is 1. The zero-order valence-corrected chi connectivity index (χ0v) is 11.7. The highest BCUT2D eigenvalue weighted by Gasteiger charge is 2.08. The van der Waals surface area contributed by atoms with E-state index >= 15 is 0 Å². The van der Waals surface area contributed by atoms with E-state index < -0.39 is 10.0 Å². The fourth-order valence-electron chi connectivity index (χ4n) is 1.74. The molecule has 1 rings (SSSR count). The van der Waals surface area contributed by atoms with Crippen LogP contribution in [-0.4, -0.2) is 27.3 Å². The Kier molecular flexibility index (Phi) is 6.32. The van der Waals surface area contributed by atoms with Crippen molar-refractivity contribution < 1.29 is 8.42 Å². The van der Waals surface area contributed by atoms with Crippen LogP contribution in [0.5, 0.6) is 0 Å². The van der Waals surface area contributed by atoms with Gasteiger partial charge in [0.05, 0.1) is 5.75 Å². The van der Waals surface area contributed by atoms with Gasteiger partial charge in [0.1, 0.15) is 0 Å². The Morgan fingerprint density at radius 1 is 1.22 bits per heavy atom. The van der Waals surface area contributed by atoms with Gasteiger partial charge in [0.15, 0.2) is 0 Å². The standard InChI is InChI=1S/C13H22N2O2S/c1-12-6-2-3-7-13(12)8-10-15-18(16,17)11-5-4-9-14/h2-3,6-7,15H,4-5,8-11,14H2,1H3. The minimum atomic E-state index is -3.14. The molecule has 0 aliphatic carbocycles. The van der Waals surface area contributed by atoms with E-state index in [4.69, 9.17) is 5.73 Å². The Balaban J connectivity index is 2.35. The van der Waals surface area contributed by atoms with Crippen molar-refractivity contribution in [1.82, 2.24) is 4.72 Å². The van der Waals surface area contributed by atoms with Crippen LogP contribution < -0.4 is 10.5 Å². The highest BCUT2D eigenvalue weighted by atomic mass is 32.2. The SMILES string of the molecule is Cc1ccccc1CCNS(=O)(=O)CCCCN. The quantitative estimate of drug-likeness (QED) is 0.697. The van der Waals surface area contributed by atoms with E-state index in [1.165, 1.54) is 11.1 Å². The van der Waals surface area contributed by atoms with Crippen LogP contribution in [0.2, 0.25) is 0 Å². The fourth-order valence-corrected chi connectivity index (χ4v) is 2.88. The molecule has 0 amide bonds. The van der Waals surface area contributed by atoms with Gasteiger partial charge in [0.2, 0.25) is 10.0 Å². The van der Waals surface area contributed by atoms with Crippen molar-refractivity contribution in [2.75, 3.05) is 18.8 Å². The van der Waals surface area contributed by atoms with Crippen molar-refractivity contribution in [1.29, 1.82) is 0 Å². The van der Waals surface area contributed by atoms with Crippen molar-refractivity contribution in [3.05, 3.63) is 35.4 Å². The Morgan fingerprint density at radius 3 is 2.61 bits per heavy atom. The number of hydrogen-bond donors (Lipinski definition) is 2. The summed E-state index contributed by atoms with van der Waals surface area (Å²) in [5.41, 5.74) is 7.71. The maximum atomic E-state index is 11.6. The number of aryl methyl sites for hydroxylation is 1. The minimum absolute atomic E-state index is 0.165. The first kappa shape index (κ1) is 15.1. The number of nitrogens with one attached hydrogen (secondary N) is 1. The lowest BCUT2D eigenvalue weighted by Gasteiger charge is -2.08. The van der Waals surface area contributed by atoms with Crippen molar-refractivity contribution in [3.8, 4) is 0 Å². The van der Waals surface area contributed by atoms with Gasteiger partial charge in [-0.1, -0.05) is 24.3 Å². The van der Waals surface area contributed by atoms with Crippen LogP contribution in [0.4, 0.5) is 0 Å². The molecule has 4 nitrogen and oxygen atoms in total. The summed E-state index contributed by atoms with van der Waals surface area (Å²) in [4.78, 5) is 0. The first-order valence-corrected chi connectivity index (χ1v) is 7.92. The molecule has 0 spiro atoms.